The van der Waals surface area contributed by atoms with Crippen molar-refractivity contribution in [3.63, 3.8) is 0 Å². The lowest BCUT2D eigenvalue weighted by Crippen LogP contribution is -2.43. The fraction of sp³-hybridized carbons (Fsp3) is 1.00. The fourth-order valence-corrected chi connectivity index (χ4v) is 2.25. The third-order valence-corrected chi connectivity index (χ3v) is 3.05. The van der Waals surface area contributed by atoms with Gasteiger partial charge in [-0.15, -0.1) is 0 Å². The van der Waals surface area contributed by atoms with Crippen LogP contribution >= 0.6 is 0 Å². The van der Waals surface area contributed by atoms with Crippen molar-refractivity contribution in [2.45, 2.75) is 33.0 Å². The molecule has 1 saturated heterocycles. The quantitative estimate of drug-likeness (QED) is 0.664. The first-order valence-electron chi connectivity index (χ1n) is 6.45. The molecule has 4 nitrogen and oxygen atoms in total. The van der Waals surface area contributed by atoms with Crippen LogP contribution in [0.3, 0.4) is 0 Å². The van der Waals surface area contributed by atoms with Crippen LogP contribution in [0.5, 0.6) is 0 Å². The molecular weight excluding hydrogens is 204 g/mol. The first-order valence-corrected chi connectivity index (χ1v) is 6.45. The third kappa shape index (κ3) is 4.78. The van der Waals surface area contributed by atoms with Crippen molar-refractivity contribution in [1.82, 2.24) is 4.90 Å². The van der Waals surface area contributed by atoms with E-state index in [1.54, 1.807) is 0 Å². The minimum Gasteiger partial charge on any atom is -0.352 e. The standard InChI is InChI=1S/C12H26N2O2/c1-3-15-12(16-4-2)10-14-7-5-6-11(8-13)9-14/h11-12H,3-10,13H2,1-2H3. The summed E-state index contributed by atoms with van der Waals surface area (Å²) >= 11 is 0. The minimum absolute atomic E-state index is 0.0773. The van der Waals surface area contributed by atoms with Gasteiger partial charge in [0.25, 0.3) is 0 Å². The Morgan fingerprint density at radius 3 is 2.56 bits per heavy atom. The zero-order valence-corrected chi connectivity index (χ0v) is 10.7. The molecule has 1 rings (SSSR count). The van der Waals surface area contributed by atoms with Gasteiger partial charge in [-0.1, -0.05) is 0 Å². The molecule has 0 saturated carbocycles. The van der Waals surface area contributed by atoms with E-state index in [0.29, 0.717) is 19.1 Å². The second-order valence-electron chi connectivity index (χ2n) is 4.34. The van der Waals surface area contributed by atoms with Crippen LogP contribution in [0.1, 0.15) is 26.7 Å². The normalized spacial score (nSPS) is 22.9. The first kappa shape index (κ1) is 13.9. The number of nitrogens with two attached hydrogens (primary N) is 1. The van der Waals surface area contributed by atoms with Crippen molar-refractivity contribution in [1.29, 1.82) is 0 Å². The van der Waals surface area contributed by atoms with E-state index in [9.17, 15) is 0 Å². The molecular formula is C12H26N2O2. The van der Waals surface area contributed by atoms with Gasteiger partial charge in [0.1, 0.15) is 0 Å². The molecule has 1 fully saturated rings. The highest BCUT2D eigenvalue weighted by Crippen LogP contribution is 2.16. The van der Waals surface area contributed by atoms with Gasteiger partial charge in [0, 0.05) is 26.3 Å². The largest absolute Gasteiger partial charge is 0.352 e. The highest BCUT2D eigenvalue weighted by molar-refractivity contribution is 4.74. The zero-order chi connectivity index (χ0) is 11.8. The summed E-state index contributed by atoms with van der Waals surface area (Å²) in [5, 5.41) is 0. The summed E-state index contributed by atoms with van der Waals surface area (Å²) in [6, 6.07) is 0. The lowest BCUT2D eigenvalue weighted by molar-refractivity contribution is -0.149. The van der Waals surface area contributed by atoms with Gasteiger partial charge in [0.15, 0.2) is 6.29 Å². The molecule has 0 aromatic carbocycles. The van der Waals surface area contributed by atoms with E-state index in [1.165, 1.54) is 12.8 Å². The first-order chi connectivity index (χ1) is 7.80. The summed E-state index contributed by atoms with van der Waals surface area (Å²) in [7, 11) is 0. The Bertz CT molecular complexity index is 172. The van der Waals surface area contributed by atoms with Gasteiger partial charge in [-0.2, -0.15) is 0 Å². The fourth-order valence-electron chi connectivity index (χ4n) is 2.25. The number of nitrogens with zero attached hydrogens (tertiary/aromatic N) is 1. The molecule has 0 amide bonds. The minimum atomic E-state index is -0.0773. The molecule has 0 aliphatic carbocycles. The van der Waals surface area contributed by atoms with Crippen molar-refractivity contribution in [2.24, 2.45) is 11.7 Å². The Morgan fingerprint density at radius 2 is 2.00 bits per heavy atom. The molecule has 0 spiro atoms. The van der Waals surface area contributed by atoms with E-state index in [1.807, 2.05) is 13.8 Å². The molecule has 1 aliphatic rings. The van der Waals surface area contributed by atoms with Crippen LogP contribution in [0.4, 0.5) is 0 Å². The van der Waals surface area contributed by atoms with Crippen LogP contribution < -0.4 is 5.73 Å². The molecule has 1 unspecified atom stereocenters. The number of piperidine rings is 1. The van der Waals surface area contributed by atoms with Crippen LogP contribution in [0.25, 0.3) is 0 Å². The highest BCUT2D eigenvalue weighted by atomic mass is 16.7. The Hall–Kier alpha value is -0.160. The predicted octanol–water partition coefficient (Wildman–Crippen LogP) is 1.06. The molecule has 4 heteroatoms. The second kappa shape index (κ2) is 8.01. The molecule has 0 aromatic rings. The van der Waals surface area contributed by atoms with Gasteiger partial charge in [0.05, 0.1) is 0 Å². The maximum absolute atomic E-state index is 5.72. The average Bonchev–Trinajstić information content (AvgIpc) is 2.30. The van der Waals surface area contributed by atoms with E-state index in [0.717, 1.165) is 26.2 Å². The van der Waals surface area contributed by atoms with Crippen LogP contribution in [-0.2, 0) is 9.47 Å². The van der Waals surface area contributed by atoms with Crippen molar-refractivity contribution >= 4 is 0 Å². The van der Waals surface area contributed by atoms with Gasteiger partial charge in [-0.25, -0.2) is 0 Å². The van der Waals surface area contributed by atoms with Gasteiger partial charge in [-0.3, -0.25) is 4.90 Å². The number of rotatable bonds is 7. The summed E-state index contributed by atoms with van der Waals surface area (Å²) in [4.78, 5) is 2.41. The van der Waals surface area contributed by atoms with Crippen LogP contribution in [0.15, 0.2) is 0 Å². The Balaban J connectivity index is 2.31. The molecule has 0 bridgehead atoms. The average molecular weight is 230 g/mol. The van der Waals surface area contributed by atoms with Crippen molar-refractivity contribution in [3.8, 4) is 0 Å². The van der Waals surface area contributed by atoms with Crippen LogP contribution in [0.2, 0.25) is 0 Å². The lowest BCUT2D eigenvalue weighted by Gasteiger charge is -2.34. The maximum Gasteiger partial charge on any atom is 0.170 e. The van der Waals surface area contributed by atoms with Crippen LogP contribution in [0, 0.1) is 5.92 Å². The number of hydrogen-bond donors (Lipinski definition) is 1. The van der Waals surface area contributed by atoms with E-state index >= 15 is 0 Å². The van der Waals surface area contributed by atoms with Crippen molar-refractivity contribution in [2.75, 3.05) is 39.4 Å². The molecule has 1 heterocycles. The predicted molar refractivity (Wildman–Crippen MR) is 65.3 cm³/mol. The Labute approximate surface area is 99.1 Å². The monoisotopic (exact) mass is 230 g/mol. The van der Waals surface area contributed by atoms with E-state index in [2.05, 4.69) is 4.90 Å². The molecule has 16 heavy (non-hydrogen) atoms. The summed E-state index contributed by atoms with van der Waals surface area (Å²) in [5.74, 6) is 0.651. The molecule has 0 aromatic heterocycles. The van der Waals surface area contributed by atoms with E-state index < -0.39 is 0 Å². The number of hydrogen-bond acceptors (Lipinski definition) is 4. The van der Waals surface area contributed by atoms with Gasteiger partial charge in [-0.05, 0) is 45.7 Å². The summed E-state index contributed by atoms with van der Waals surface area (Å²) in [6.45, 7) is 9.33. The van der Waals surface area contributed by atoms with E-state index in [4.69, 9.17) is 15.2 Å². The summed E-state index contributed by atoms with van der Waals surface area (Å²) < 4.78 is 11.1. The molecule has 2 N–H and O–H groups in total. The number of likely N-dealkylation sites (tertiary alicyclic amines) is 1. The van der Waals surface area contributed by atoms with Gasteiger partial charge >= 0.3 is 0 Å². The van der Waals surface area contributed by atoms with Crippen molar-refractivity contribution < 1.29 is 9.47 Å². The summed E-state index contributed by atoms with van der Waals surface area (Å²) in [6.07, 6.45) is 2.43. The highest BCUT2D eigenvalue weighted by Gasteiger charge is 2.21. The molecule has 1 aliphatic heterocycles. The third-order valence-electron chi connectivity index (χ3n) is 3.05. The second-order valence-corrected chi connectivity index (χ2v) is 4.34. The Morgan fingerprint density at radius 1 is 1.31 bits per heavy atom. The smallest absolute Gasteiger partial charge is 0.170 e. The SMILES string of the molecule is CCOC(CN1CCCC(CN)C1)OCC. The lowest BCUT2D eigenvalue weighted by atomic mass is 9.98. The molecule has 96 valence electrons. The van der Waals surface area contributed by atoms with Gasteiger partial charge < -0.3 is 15.2 Å². The Kier molecular flexibility index (Phi) is 6.96. The van der Waals surface area contributed by atoms with E-state index in [-0.39, 0.29) is 6.29 Å². The zero-order valence-electron chi connectivity index (χ0n) is 10.7. The molecule has 0 radical (unpaired) electrons. The summed E-state index contributed by atoms with van der Waals surface area (Å²) in [5.41, 5.74) is 5.72. The molecule has 1 atom stereocenters. The van der Waals surface area contributed by atoms with Crippen LogP contribution in [-0.4, -0.2) is 50.6 Å². The maximum atomic E-state index is 5.72. The number of ether oxygens (including phenoxy) is 2. The van der Waals surface area contributed by atoms with Gasteiger partial charge in [0.2, 0.25) is 0 Å². The van der Waals surface area contributed by atoms with Crippen molar-refractivity contribution in [3.05, 3.63) is 0 Å². The topological polar surface area (TPSA) is 47.7 Å².